The van der Waals surface area contributed by atoms with Crippen LogP contribution in [0.25, 0.3) is 0 Å². The summed E-state index contributed by atoms with van der Waals surface area (Å²) in [5, 5.41) is 9.13. The molecule has 2 aliphatic rings. The van der Waals surface area contributed by atoms with Gasteiger partial charge in [-0.2, -0.15) is 18.3 Å². The van der Waals surface area contributed by atoms with Gasteiger partial charge in [-0.05, 0) is 25.0 Å². The Morgan fingerprint density at radius 1 is 1.18 bits per heavy atom. The third-order valence-electron chi connectivity index (χ3n) is 5.30. The van der Waals surface area contributed by atoms with E-state index in [0.717, 1.165) is 23.2 Å². The van der Waals surface area contributed by atoms with Gasteiger partial charge in [0.2, 0.25) is 0 Å². The Labute approximate surface area is 156 Å². The quantitative estimate of drug-likeness (QED) is 0.730. The molecule has 0 saturated heterocycles. The zero-order valence-electron chi connectivity index (χ0n) is 14.6. The predicted molar refractivity (Wildman–Crippen MR) is 91.0 cm³/mol. The van der Waals surface area contributed by atoms with Crippen molar-refractivity contribution in [3.8, 4) is 0 Å². The SMILES string of the molecule is O=C(Nc1ccc(F)cc1F)c1cc2n(n1)[C@H](C(F)(F)F)[C@@H]1CCCC[C@H]1N2. The highest BCUT2D eigenvalue weighted by atomic mass is 19.4. The first kappa shape index (κ1) is 18.7. The number of alkyl halides is 3. The molecule has 1 saturated carbocycles. The van der Waals surface area contributed by atoms with Gasteiger partial charge in [0.1, 0.15) is 17.5 Å². The van der Waals surface area contributed by atoms with Crippen molar-refractivity contribution in [3.05, 3.63) is 41.6 Å². The number of hydrogen-bond donors (Lipinski definition) is 2. The lowest BCUT2D eigenvalue weighted by atomic mass is 9.78. The van der Waals surface area contributed by atoms with E-state index >= 15 is 0 Å². The summed E-state index contributed by atoms with van der Waals surface area (Å²) < 4.78 is 68.8. The van der Waals surface area contributed by atoms with Gasteiger partial charge in [-0.25, -0.2) is 13.5 Å². The lowest BCUT2D eigenvalue weighted by Crippen LogP contribution is -2.48. The monoisotopic (exact) mass is 400 g/mol. The van der Waals surface area contributed by atoms with Crippen LogP contribution in [0.3, 0.4) is 0 Å². The van der Waals surface area contributed by atoms with E-state index in [1.54, 1.807) is 0 Å². The molecule has 4 rings (SSSR count). The fourth-order valence-corrected chi connectivity index (χ4v) is 4.07. The molecule has 28 heavy (non-hydrogen) atoms. The molecule has 1 amide bonds. The molecule has 1 aliphatic carbocycles. The molecular formula is C18H17F5N4O. The van der Waals surface area contributed by atoms with Gasteiger partial charge in [0.15, 0.2) is 11.7 Å². The van der Waals surface area contributed by atoms with Crippen LogP contribution >= 0.6 is 0 Å². The van der Waals surface area contributed by atoms with E-state index < -0.39 is 35.7 Å². The van der Waals surface area contributed by atoms with Crippen molar-refractivity contribution in [1.29, 1.82) is 0 Å². The smallest absolute Gasteiger partial charge is 0.367 e. The Balaban J connectivity index is 1.65. The molecule has 1 fully saturated rings. The lowest BCUT2D eigenvalue weighted by Gasteiger charge is -2.43. The number of amides is 1. The molecule has 2 heterocycles. The van der Waals surface area contributed by atoms with Crippen LogP contribution in [0.4, 0.5) is 33.5 Å². The van der Waals surface area contributed by atoms with Gasteiger partial charge >= 0.3 is 6.18 Å². The number of carbonyl (C=O) groups is 1. The van der Waals surface area contributed by atoms with Crippen molar-refractivity contribution in [2.45, 2.75) is 43.9 Å². The largest absolute Gasteiger partial charge is 0.411 e. The predicted octanol–water partition coefficient (Wildman–Crippen LogP) is 4.50. The second-order valence-corrected chi connectivity index (χ2v) is 7.12. The van der Waals surface area contributed by atoms with Crippen LogP contribution in [-0.2, 0) is 0 Å². The average molecular weight is 400 g/mol. The maximum absolute atomic E-state index is 13.8. The highest BCUT2D eigenvalue weighted by molar-refractivity contribution is 6.03. The molecule has 2 N–H and O–H groups in total. The summed E-state index contributed by atoms with van der Waals surface area (Å²) >= 11 is 0. The highest BCUT2D eigenvalue weighted by Gasteiger charge is 2.52. The summed E-state index contributed by atoms with van der Waals surface area (Å²) in [6, 6.07) is 1.65. The standard InChI is InChI=1S/C18H17F5N4O/c19-9-5-6-13(11(20)7-9)25-17(28)14-8-15-24-12-4-2-1-3-10(12)16(18(21,22)23)27(15)26-14/h5-8,10,12,16,24H,1-4H2,(H,25,28)/t10-,12-,16+/m1/s1. The Bertz CT molecular complexity index is 910. The number of rotatable bonds is 2. The topological polar surface area (TPSA) is 59.0 Å². The summed E-state index contributed by atoms with van der Waals surface area (Å²) in [6.45, 7) is 0. The van der Waals surface area contributed by atoms with Crippen molar-refractivity contribution >= 4 is 17.4 Å². The number of nitrogens with zero attached hydrogens (tertiary/aromatic N) is 2. The summed E-state index contributed by atoms with van der Waals surface area (Å²) in [6.07, 6.45) is -1.93. The average Bonchev–Trinajstić information content (AvgIpc) is 3.04. The number of halogens is 5. The van der Waals surface area contributed by atoms with Crippen LogP contribution in [0.2, 0.25) is 0 Å². The van der Waals surface area contributed by atoms with Crippen LogP contribution in [0.5, 0.6) is 0 Å². The summed E-state index contributed by atoms with van der Waals surface area (Å²) in [5.74, 6) is -3.23. The number of aromatic nitrogens is 2. The van der Waals surface area contributed by atoms with E-state index in [1.165, 1.54) is 6.07 Å². The molecule has 0 radical (unpaired) electrons. The molecule has 2 aromatic rings. The number of nitrogens with one attached hydrogen (secondary N) is 2. The van der Waals surface area contributed by atoms with Crippen LogP contribution in [0.15, 0.2) is 24.3 Å². The Kier molecular flexibility index (Phi) is 4.51. The van der Waals surface area contributed by atoms with E-state index in [1.807, 2.05) is 0 Å². The highest BCUT2D eigenvalue weighted by Crippen LogP contribution is 2.47. The number of anilines is 2. The van der Waals surface area contributed by atoms with Gasteiger partial charge in [0.25, 0.3) is 5.91 Å². The maximum atomic E-state index is 13.8. The first-order valence-corrected chi connectivity index (χ1v) is 8.93. The zero-order chi connectivity index (χ0) is 20.1. The molecule has 0 unspecified atom stereocenters. The van der Waals surface area contributed by atoms with Crippen molar-refractivity contribution < 1.29 is 26.7 Å². The van der Waals surface area contributed by atoms with Crippen molar-refractivity contribution in [3.63, 3.8) is 0 Å². The summed E-state index contributed by atoms with van der Waals surface area (Å²) in [7, 11) is 0. The van der Waals surface area contributed by atoms with Crippen molar-refractivity contribution in [2.24, 2.45) is 5.92 Å². The van der Waals surface area contributed by atoms with Crippen LogP contribution in [0.1, 0.15) is 42.2 Å². The van der Waals surface area contributed by atoms with Gasteiger partial charge < -0.3 is 10.6 Å². The fraction of sp³-hybridized carbons (Fsp3) is 0.444. The van der Waals surface area contributed by atoms with E-state index in [-0.39, 0.29) is 23.2 Å². The number of hydrogen-bond acceptors (Lipinski definition) is 3. The third kappa shape index (κ3) is 3.31. The van der Waals surface area contributed by atoms with Gasteiger partial charge in [-0.3, -0.25) is 4.79 Å². The minimum Gasteiger partial charge on any atom is -0.367 e. The maximum Gasteiger partial charge on any atom is 0.411 e. The van der Waals surface area contributed by atoms with Gasteiger partial charge in [-0.1, -0.05) is 12.8 Å². The molecule has 5 nitrogen and oxygen atoms in total. The molecule has 1 aliphatic heterocycles. The van der Waals surface area contributed by atoms with Crippen LogP contribution in [-0.4, -0.2) is 27.9 Å². The fourth-order valence-electron chi connectivity index (χ4n) is 4.07. The molecule has 10 heteroatoms. The second-order valence-electron chi connectivity index (χ2n) is 7.12. The first-order valence-electron chi connectivity index (χ1n) is 8.93. The Hall–Kier alpha value is -2.65. The van der Waals surface area contributed by atoms with E-state index in [2.05, 4.69) is 15.7 Å². The van der Waals surface area contributed by atoms with E-state index in [4.69, 9.17) is 0 Å². The Morgan fingerprint density at radius 2 is 1.93 bits per heavy atom. The molecule has 0 spiro atoms. The van der Waals surface area contributed by atoms with Crippen molar-refractivity contribution in [1.82, 2.24) is 9.78 Å². The van der Waals surface area contributed by atoms with Gasteiger partial charge in [-0.15, -0.1) is 0 Å². The molecular weight excluding hydrogens is 383 g/mol. The van der Waals surface area contributed by atoms with Crippen molar-refractivity contribution in [2.75, 3.05) is 10.6 Å². The lowest BCUT2D eigenvalue weighted by molar-refractivity contribution is -0.189. The second kappa shape index (κ2) is 6.75. The number of carbonyl (C=O) groups excluding carboxylic acids is 1. The number of benzene rings is 1. The van der Waals surface area contributed by atoms with Crippen LogP contribution in [0, 0.1) is 17.6 Å². The normalized spacial score (nSPS) is 24.1. The number of fused-ring (bicyclic) bond motifs is 2. The third-order valence-corrected chi connectivity index (χ3v) is 5.30. The van der Waals surface area contributed by atoms with Crippen LogP contribution < -0.4 is 10.6 Å². The minimum atomic E-state index is -4.51. The zero-order valence-corrected chi connectivity index (χ0v) is 14.6. The summed E-state index contributed by atoms with van der Waals surface area (Å²) in [5.41, 5.74) is -0.564. The molecule has 0 bridgehead atoms. The molecule has 1 aromatic carbocycles. The minimum absolute atomic E-state index is 0.107. The first-order chi connectivity index (χ1) is 13.2. The molecule has 3 atom stereocenters. The Morgan fingerprint density at radius 3 is 2.64 bits per heavy atom. The van der Waals surface area contributed by atoms with E-state index in [9.17, 15) is 26.7 Å². The summed E-state index contributed by atoms with van der Waals surface area (Å²) in [4.78, 5) is 12.4. The molecule has 150 valence electrons. The molecule has 1 aromatic heterocycles. The van der Waals surface area contributed by atoms with E-state index in [0.29, 0.717) is 25.3 Å². The van der Waals surface area contributed by atoms with Gasteiger partial charge in [0.05, 0.1) is 5.69 Å². The van der Waals surface area contributed by atoms with Gasteiger partial charge in [0, 0.05) is 24.1 Å².